The van der Waals surface area contributed by atoms with Gasteiger partial charge in [-0.1, -0.05) is 12.1 Å². The van der Waals surface area contributed by atoms with E-state index in [0.717, 1.165) is 17.0 Å². The topological polar surface area (TPSA) is 64.3 Å². The van der Waals surface area contributed by atoms with Crippen LogP contribution in [0, 0.1) is 0 Å². The molecule has 0 saturated carbocycles. The summed E-state index contributed by atoms with van der Waals surface area (Å²) < 4.78 is 6.84. The number of nitrogens with zero attached hydrogens (tertiary/aromatic N) is 2. The predicted molar refractivity (Wildman–Crippen MR) is 82.5 cm³/mol. The van der Waals surface area contributed by atoms with E-state index >= 15 is 0 Å². The van der Waals surface area contributed by atoms with Crippen molar-refractivity contribution in [3.8, 4) is 22.7 Å². The summed E-state index contributed by atoms with van der Waals surface area (Å²) in [5, 5.41) is 9.26. The van der Waals surface area contributed by atoms with Crippen LogP contribution in [0.5, 0.6) is 5.75 Å². The van der Waals surface area contributed by atoms with Gasteiger partial charge in [0.25, 0.3) is 0 Å². The molecule has 0 unspecified atom stereocenters. The van der Waals surface area contributed by atoms with Crippen molar-refractivity contribution in [1.29, 1.82) is 0 Å². The highest BCUT2D eigenvalue weighted by atomic mass is 16.5. The first-order valence-corrected chi connectivity index (χ1v) is 6.70. The monoisotopic (exact) mass is 294 g/mol. The predicted octanol–water partition coefficient (Wildman–Crippen LogP) is 3.25. The first-order chi connectivity index (χ1) is 10.7. The zero-order valence-corrected chi connectivity index (χ0v) is 11.9. The van der Waals surface area contributed by atoms with Gasteiger partial charge >= 0.3 is 5.97 Å². The Bertz CT molecular complexity index is 807. The number of carboxylic acid groups (broad SMARTS) is 1. The molecule has 1 N–H and O–H groups in total. The van der Waals surface area contributed by atoms with E-state index in [1.54, 1.807) is 42.3 Å². The summed E-state index contributed by atoms with van der Waals surface area (Å²) in [4.78, 5) is 15.6. The molecule has 3 rings (SSSR count). The van der Waals surface area contributed by atoms with Crippen molar-refractivity contribution in [1.82, 2.24) is 9.55 Å². The van der Waals surface area contributed by atoms with Gasteiger partial charge < -0.3 is 14.4 Å². The van der Waals surface area contributed by atoms with Crippen LogP contribution in [0.2, 0.25) is 0 Å². The van der Waals surface area contributed by atoms with Crippen LogP contribution in [0.1, 0.15) is 10.4 Å². The molecule has 0 amide bonds. The van der Waals surface area contributed by atoms with Crippen LogP contribution < -0.4 is 4.74 Å². The average Bonchev–Trinajstić information content (AvgIpc) is 3.04. The van der Waals surface area contributed by atoms with Gasteiger partial charge in [-0.2, -0.15) is 0 Å². The Labute approximate surface area is 127 Å². The molecule has 110 valence electrons. The lowest BCUT2D eigenvalue weighted by atomic mass is 10.1. The first-order valence-electron chi connectivity index (χ1n) is 6.70. The molecule has 0 fully saturated rings. The van der Waals surface area contributed by atoms with Crippen molar-refractivity contribution < 1.29 is 14.6 Å². The van der Waals surface area contributed by atoms with Gasteiger partial charge in [-0.15, -0.1) is 0 Å². The Morgan fingerprint density at radius 3 is 2.55 bits per heavy atom. The van der Waals surface area contributed by atoms with Crippen molar-refractivity contribution >= 4 is 5.97 Å². The summed E-state index contributed by atoms with van der Waals surface area (Å²) in [6.07, 6.45) is 3.42. The average molecular weight is 294 g/mol. The van der Waals surface area contributed by atoms with Crippen molar-refractivity contribution in [2.45, 2.75) is 0 Å². The van der Waals surface area contributed by atoms with E-state index in [1.807, 2.05) is 30.5 Å². The lowest BCUT2D eigenvalue weighted by Crippen LogP contribution is -2.03. The third-order valence-corrected chi connectivity index (χ3v) is 3.38. The Hall–Kier alpha value is -3.08. The molecule has 2 aromatic carbocycles. The van der Waals surface area contributed by atoms with Crippen LogP contribution >= 0.6 is 0 Å². The molecular formula is C17H14N2O3. The second-order valence-electron chi connectivity index (χ2n) is 4.72. The molecule has 0 spiro atoms. The number of hydrogen-bond acceptors (Lipinski definition) is 3. The zero-order chi connectivity index (χ0) is 15.5. The fraction of sp³-hybridized carbons (Fsp3) is 0.0588. The summed E-state index contributed by atoms with van der Waals surface area (Å²) >= 11 is 0. The summed E-state index contributed by atoms with van der Waals surface area (Å²) in [5.74, 6) is -0.185. The van der Waals surface area contributed by atoms with Gasteiger partial charge in [0.1, 0.15) is 5.75 Å². The molecule has 0 aliphatic rings. The number of carboxylic acids is 1. The van der Waals surface area contributed by atoms with Gasteiger partial charge in [0, 0.05) is 11.8 Å². The number of benzene rings is 2. The van der Waals surface area contributed by atoms with Crippen LogP contribution in [-0.2, 0) is 0 Å². The highest BCUT2D eigenvalue weighted by Crippen LogP contribution is 2.23. The zero-order valence-electron chi connectivity index (χ0n) is 11.9. The van der Waals surface area contributed by atoms with E-state index < -0.39 is 5.97 Å². The SMILES string of the molecule is COc1ccc(-c2cn(-c3ccccc3C(=O)O)cn2)cc1. The summed E-state index contributed by atoms with van der Waals surface area (Å²) in [5.41, 5.74) is 2.53. The van der Waals surface area contributed by atoms with Crippen molar-refractivity contribution in [3.63, 3.8) is 0 Å². The summed E-state index contributed by atoms with van der Waals surface area (Å²) in [6.45, 7) is 0. The maximum Gasteiger partial charge on any atom is 0.337 e. The van der Waals surface area contributed by atoms with Crippen LogP contribution in [-0.4, -0.2) is 27.7 Å². The Kier molecular flexibility index (Phi) is 3.62. The second-order valence-corrected chi connectivity index (χ2v) is 4.72. The Morgan fingerprint density at radius 1 is 1.14 bits per heavy atom. The van der Waals surface area contributed by atoms with Gasteiger partial charge in [0.15, 0.2) is 0 Å². The molecule has 0 bridgehead atoms. The minimum absolute atomic E-state index is 0.237. The van der Waals surface area contributed by atoms with E-state index in [2.05, 4.69) is 4.98 Å². The van der Waals surface area contributed by atoms with Gasteiger partial charge in [0.2, 0.25) is 0 Å². The number of carbonyl (C=O) groups is 1. The van der Waals surface area contributed by atoms with E-state index in [9.17, 15) is 9.90 Å². The molecular weight excluding hydrogens is 280 g/mol. The molecule has 22 heavy (non-hydrogen) atoms. The third-order valence-electron chi connectivity index (χ3n) is 3.38. The van der Waals surface area contributed by atoms with Gasteiger partial charge in [0.05, 0.1) is 30.4 Å². The normalized spacial score (nSPS) is 10.4. The number of aromatic carboxylic acids is 1. The minimum Gasteiger partial charge on any atom is -0.497 e. The number of ether oxygens (including phenoxy) is 1. The molecule has 0 atom stereocenters. The van der Waals surface area contributed by atoms with Crippen LogP contribution in [0.25, 0.3) is 16.9 Å². The van der Waals surface area contributed by atoms with E-state index in [-0.39, 0.29) is 5.56 Å². The number of hydrogen-bond donors (Lipinski definition) is 1. The first kappa shape index (κ1) is 13.9. The second kappa shape index (κ2) is 5.73. The molecule has 0 aliphatic carbocycles. The lowest BCUT2D eigenvalue weighted by molar-refractivity contribution is 0.0697. The molecule has 1 aromatic heterocycles. The third kappa shape index (κ3) is 2.56. The minimum atomic E-state index is -0.963. The van der Waals surface area contributed by atoms with Crippen LogP contribution in [0.4, 0.5) is 0 Å². The van der Waals surface area contributed by atoms with Crippen LogP contribution in [0.3, 0.4) is 0 Å². The van der Waals surface area contributed by atoms with E-state index in [4.69, 9.17) is 4.74 Å². The van der Waals surface area contributed by atoms with Crippen molar-refractivity contribution in [2.24, 2.45) is 0 Å². The standard InChI is InChI=1S/C17H14N2O3/c1-22-13-8-6-12(7-9-13)15-10-19(11-18-15)16-5-3-2-4-14(16)17(20)21/h2-11H,1H3,(H,20,21). The highest BCUT2D eigenvalue weighted by molar-refractivity contribution is 5.91. The Morgan fingerprint density at radius 2 is 1.86 bits per heavy atom. The van der Waals surface area contributed by atoms with Crippen molar-refractivity contribution in [2.75, 3.05) is 7.11 Å². The number of aromatic nitrogens is 2. The smallest absolute Gasteiger partial charge is 0.337 e. The molecule has 5 heteroatoms. The van der Waals surface area contributed by atoms with Crippen molar-refractivity contribution in [3.05, 3.63) is 66.6 Å². The number of rotatable bonds is 4. The van der Waals surface area contributed by atoms with Gasteiger partial charge in [-0.05, 0) is 36.4 Å². The fourth-order valence-corrected chi connectivity index (χ4v) is 2.25. The summed E-state index contributed by atoms with van der Waals surface area (Å²) in [7, 11) is 1.62. The molecule has 0 saturated heterocycles. The summed E-state index contributed by atoms with van der Waals surface area (Å²) in [6, 6.07) is 14.4. The van der Waals surface area contributed by atoms with Crippen LogP contribution in [0.15, 0.2) is 61.1 Å². The van der Waals surface area contributed by atoms with E-state index in [0.29, 0.717) is 5.69 Å². The number of imidazole rings is 1. The molecule has 1 heterocycles. The fourth-order valence-electron chi connectivity index (χ4n) is 2.25. The largest absolute Gasteiger partial charge is 0.497 e. The van der Waals surface area contributed by atoms with Gasteiger partial charge in [-0.3, -0.25) is 0 Å². The quantitative estimate of drug-likeness (QED) is 0.802. The number of para-hydroxylation sites is 1. The highest BCUT2D eigenvalue weighted by Gasteiger charge is 2.11. The molecule has 0 radical (unpaired) electrons. The molecule has 3 aromatic rings. The molecule has 0 aliphatic heterocycles. The maximum atomic E-state index is 11.3. The van der Waals surface area contributed by atoms with Gasteiger partial charge in [-0.25, -0.2) is 9.78 Å². The van der Waals surface area contributed by atoms with E-state index in [1.165, 1.54) is 0 Å². The lowest BCUT2D eigenvalue weighted by Gasteiger charge is -2.05. The molecule has 5 nitrogen and oxygen atoms in total. The Balaban J connectivity index is 1.98. The maximum absolute atomic E-state index is 11.3. The number of methoxy groups -OCH3 is 1.